The molecule has 5 rings (SSSR count). The van der Waals surface area contributed by atoms with E-state index in [4.69, 9.17) is 0 Å². The van der Waals surface area contributed by atoms with Crippen molar-refractivity contribution in [3.05, 3.63) is 22.4 Å². The van der Waals surface area contributed by atoms with Gasteiger partial charge in [0.1, 0.15) is 0 Å². The minimum atomic E-state index is 0.0446. The van der Waals surface area contributed by atoms with Gasteiger partial charge in [-0.1, -0.05) is 6.07 Å². The predicted molar refractivity (Wildman–Crippen MR) is 96.1 cm³/mol. The molecule has 1 amide bonds. The molecule has 0 radical (unpaired) electrons. The van der Waals surface area contributed by atoms with Crippen LogP contribution in [0.4, 0.5) is 0 Å². The topological polar surface area (TPSA) is 46.2 Å². The number of carbonyl (C=O) groups is 2. The summed E-state index contributed by atoms with van der Waals surface area (Å²) in [4.78, 5) is 25.2. The first-order valence-corrected chi connectivity index (χ1v) is 10.3. The normalized spacial score (nSPS) is 35.0. The SMILES string of the molecule is CC(NC(=O)CCC(=O)c1cccs1)C12CC3CC(CC(C3)C1)C2. The van der Waals surface area contributed by atoms with Gasteiger partial charge in [-0.25, -0.2) is 0 Å². The molecule has 1 heterocycles. The third-order valence-electron chi connectivity index (χ3n) is 6.76. The van der Waals surface area contributed by atoms with Crippen LogP contribution in [0.1, 0.15) is 68.0 Å². The quantitative estimate of drug-likeness (QED) is 0.775. The van der Waals surface area contributed by atoms with Crippen molar-refractivity contribution in [2.75, 3.05) is 0 Å². The van der Waals surface area contributed by atoms with Gasteiger partial charge in [-0.15, -0.1) is 11.3 Å². The molecular weight excluding hydrogens is 318 g/mol. The number of rotatable bonds is 6. The Bertz CT molecular complexity index is 586. The Kier molecular flexibility index (Phi) is 4.27. The fraction of sp³-hybridized carbons (Fsp3) is 0.700. The van der Waals surface area contributed by atoms with Crippen LogP contribution < -0.4 is 5.32 Å². The van der Waals surface area contributed by atoms with Gasteiger partial charge in [0.2, 0.25) is 5.91 Å². The summed E-state index contributed by atoms with van der Waals surface area (Å²) in [5.74, 6) is 2.83. The summed E-state index contributed by atoms with van der Waals surface area (Å²) < 4.78 is 0. The fourth-order valence-electron chi connectivity index (χ4n) is 5.96. The number of amides is 1. The van der Waals surface area contributed by atoms with Gasteiger partial charge in [0.05, 0.1) is 4.88 Å². The Morgan fingerprint density at radius 2 is 1.79 bits per heavy atom. The largest absolute Gasteiger partial charge is 0.353 e. The highest BCUT2D eigenvalue weighted by atomic mass is 32.1. The average molecular weight is 346 g/mol. The van der Waals surface area contributed by atoms with Gasteiger partial charge < -0.3 is 5.32 Å². The van der Waals surface area contributed by atoms with Gasteiger partial charge in [-0.05, 0) is 80.1 Å². The van der Waals surface area contributed by atoms with E-state index in [2.05, 4.69) is 12.2 Å². The molecule has 4 aliphatic rings. The summed E-state index contributed by atoms with van der Waals surface area (Å²) in [5, 5.41) is 5.15. The summed E-state index contributed by atoms with van der Waals surface area (Å²) in [6.07, 6.45) is 8.81. The van der Waals surface area contributed by atoms with Crippen LogP contribution in [0, 0.1) is 23.2 Å². The van der Waals surface area contributed by atoms with Crippen LogP contribution in [0.5, 0.6) is 0 Å². The lowest BCUT2D eigenvalue weighted by molar-refractivity contribution is -0.125. The minimum absolute atomic E-state index is 0.0446. The second-order valence-electron chi connectivity index (χ2n) is 8.47. The van der Waals surface area contributed by atoms with E-state index in [0.29, 0.717) is 18.3 Å². The van der Waals surface area contributed by atoms with Gasteiger partial charge in [-0.3, -0.25) is 9.59 Å². The fourth-order valence-corrected chi connectivity index (χ4v) is 6.66. The Labute approximate surface area is 148 Å². The zero-order valence-electron chi connectivity index (χ0n) is 14.4. The third kappa shape index (κ3) is 3.05. The number of carbonyl (C=O) groups excluding carboxylic acids is 2. The first-order chi connectivity index (χ1) is 11.5. The molecule has 4 fully saturated rings. The van der Waals surface area contributed by atoms with Crippen molar-refractivity contribution < 1.29 is 9.59 Å². The van der Waals surface area contributed by atoms with E-state index < -0.39 is 0 Å². The third-order valence-corrected chi connectivity index (χ3v) is 7.67. The smallest absolute Gasteiger partial charge is 0.220 e. The summed E-state index contributed by atoms with van der Waals surface area (Å²) in [5.41, 5.74) is 0.335. The number of ketones is 1. The van der Waals surface area contributed by atoms with Gasteiger partial charge in [-0.2, -0.15) is 0 Å². The molecule has 0 aromatic carbocycles. The maximum Gasteiger partial charge on any atom is 0.220 e. The highest BCUT2D eigenvalue weighted by molar-refractivity contribution is 7.12. The van der Waals surface area contributed by atoms with Crippen LogP contribution >= 0.6 is 11.3 Å². The van der Waals surface area contributed by atoms with Crippen LogP contribution in [0.3, 0.4) is 0 Å². The Morgan fingerprint density at radius 3 is 2.33 bits per heavy atom. The molecular formula is C20H27NO2S. The molecule has 1 aromatic heterocycles. The zero-order valence-corrected chi connectivity index (χ0v) is 15.2. The van der Waals surface area contributed by atoms with E-state index in [0.717, 1.165) is 22.6 Å². The highest BCUT2D eigenvalue weighted by Gasteiger charge is 2.53. The number of thiophene rings is 1. The van der Waals surface area contributed by atoms with E-state index in [1.807, 2.05) is 17.5 Å². The van der Waals surface area contributed by atoms with Crippen molar-refractivity contribution in [2.45, 2.75) is 64.3 Å². The summed E-state index contributed by atoms with van der Waals surface area (Å²) in [6.45, 7) is 2.20. The van der Waals surface area contributed by atoms with Gasteiger partial charge in [0.15, 0.2) is 5.78 Å². The molecule has 4 saturated carbocycles. The van der Waals surface area contributed by atoms with E-state index in [1.54, 1.807) is 0 Å². The second kappa shape index (κ2) is 6.29. The Morgan fingerprint density at radius 1 is 1.17 bits per heavy atom. The highest BCUT2D eigenvalue weighted by Crippen LogP contribution is 2.61. The Balaban J connectivity index is 1.32. The van der Waals surface area contributed by atoms with Crippen molar-refractivity contribution in [1.29, 1.82) is 0 Å². The monoisotopic (exact) mass is 345 g/mol. The first kappa shape index (κ1) is 16.3. The van der Waals surface area contributed by atoms with E-state index in [1.165, 1.54) is 49.9 Å². The molecule has 4 bridgehead atoms. The lowest BCUT2D eigenvalue weighted by Crippen LogP contribution is -2.55. The lowest BCUT2D eigenvalue weighted by Gasteiger charge is -2.59. The molecule has 130 valence electrons. The summed E-state index contributed by atoms with van der Waals surface area (Å²) in [7, 11) is 0. The van der Waals surface area contributed by atoms with Crippen LogP contribution in [0.25, 0.3) is 0 Å². The van der Waals surface area contributed by atoms with Crippen LogP contribution in [-0.4, -0.2) is 17.7 Å². The maximum absolute atomic E-state index is 12.4. The molecule has 24 heavy (non-hydrogen) atoms. The van der Waals surface area contributed by atoms with Gasteiger partial charge >= 0.3 is 0 Å². The number of hydrogen-bond acceptors (Lipinski definition) is 3. The average Bonchev–Trinajstić information content (AvgIpc) is 3.05. The molecule has 1 aromatic rings. The van der Waals surface area contributed by atoms with Crippen molar-refractivity contribution >= 4 is 23.0 Å². The van der Waals surface area contributed by atoms with E-state index in [-0.39, 0.29) is 17.7 Å². The van der Waals surface area contributed by atoms with Crippen LogP contribution in [0.2, 0.25) is 0 Å². The van der Waals surface area contributed by atoms with Gasteiger partial charge in [0.25, 0.3) is 0 Å². The van der Waals surface area contributed by atoms with E-state index in [9.17, 15) is 9.59 Å². The number of Topliss-reactive ketones (excluding diaryl/α,β-unsaturated/α-hetero) is 1. The lowest BCUT2D eigenvalue weighted by atomic mass is 9.48. The molecule has 3 nitrogen and oxygen atoms in total. The molecule has 1 atom stereocenters. The van der Waals surface area contributed by atoms with Crippen molar-refractivity contribution in [3.8, 4) is 0 Å². The molecule has 0 spiro atoms. The first-order valence-electron chi connectivity index (χ1n) is 9.40. The molecule has 0 saturated heterocycles. The standard InChI is InChI=1S/C20H27NO2S/c1-13(20-10-14-7-15(11-20)9-16(8-14)12-20)21-19(23)5-4-17(22)18-3-2-6-24-18/h2-3,6,13-16H,4-5,7-12H2,1H3,(H,21,23). The Hall–Kier alpha value is -1.16. The molecule has 4 aliphatic carbocycles. The van der Waals surface area contributed by atoms with Crippen molar-refractivity contribution in [1.82, 2.24) is 5.32 Å². The zero-order chi connectivity index (χ0) is 16.7. The van der Waals surface area contributed by atoms with Crippen molar-refractivity contribution in [2.24, 2.45) is 23.2 Å². The minimum Gasteiger partial charge on any atom is -0.353 e. The molecule has 0 aliphatic heterocycles. The predicted octanol–water partition coefficient (Wildman–Crippen LogP) is 4.43. The number of nitrogens with one attached hydrogen (secondary N) is 1. The maximum atomic E-state index is 12.4. The van der Waals surface area contributed by atoms with Crippen LogP contribution in [0.15, 0.2) is 17.5 Å². The number of hydrogen-bond donors (Lipinski definition) is 1. The summed E-state index contributed by atoms with van der Waals surface area (Å²) >= 11 is 1.45. The molecule has 4 heteroatoms. The second-order valence-corrected chi connectivity index (χ2v) is 9.42. The van der Waals surface area contributed by atoms with E-state index >= 15 is 0 Å². The van der Waals surface area contributed by atoms with Gasteiger partial charge in [0, 0.05) is 18.9 Å². The van der Waals surface area contributed by atoms with Crippen molar-refractivity contribution in [3.63, 3.8) is 0 Å². The molecule has 1 unspecified atom stereocenters. The summed E-state index contributed by atoms with van der Waals surface area (Å²) in [6, 6.07) is 3.96. The molecule has 1 N–H and O–H groups in total. The van der Waals surface area contributed by atoms with Crippen LogP contribution in [-0.2, 0) is 4.79 Å².